The number of rotatable bonds is 3. The Bertz CT molecular complexity index is 586. The molecule has 0 fully saturated rings. The lowest BCUT2D eigenvalue weighted by atomic mass is 10.3. The molecule has 0 aliphatic carbocycles. The Kier molecular flexibility index (Phi) is 3.05. The van der Waals surface area contributed by atoms with Gasteiger partial charge in [0, 0.05) is 11.8 Å². The van der Waals surface area contributed by atoms with E-state index in [0.717, 1.165) is 0 Å². The highest BCUT2D eigenvalue weighted by Crippen LogP contribution is 2.26. The van der Waals surface area contributed by atoms with Crippen molar-refractivity contribution < 1.29 is 9.31 Å². The van der Waals surface area contributed by atoms with Crippen LogP contribution in [-0.2, 0) is 0 Å². The Labute approximate surface area is 101 Å². The van der Waals surface area contributed by atoms with Gasteiger partial charge in [-0.25, -0.2) is 9.37 Å². The highest BCUT2D eigenvalue weighted by molar-refractivity contribution is 5.67. The van der Waals surface area contributed by atoms with Crippen LogP contribution in [-0.4, -0.2) is 9.91 Å². The lowest BCUT2D eigenvalue weighted by Crippen LogP contribution is -2.02. The Morgan fingerprint density at radius 2 is 1.89 bits per heavy atom. The molecule has 2 rings (SSSR count). The van der Waals surface area contributed by atoms with Gasteiger partial charge in [-0.2, -0.15) is 0 Å². The van der Waals surface area contributed by atoms with Crippen molar-refractivity contribution >= 4 is 23.0 Å². The van der Waals surface area contributed by atoms with E-state index in [1.807, 2.05) is 0 Å². The van der Waals surface area contributed by atoms with Crippen LogP contribution in [0.1, 0.15) is 0 Å². The first-order valence-corrected chi connectivity index (χ1v) is 5.00. The van der Waals surface area contributed by atoms with Gasteiger partial charge in [-0.1, -0.05) is 0 Å². The van der Waals surface area contributed by atoms with E-state index < -0.39 is 10.7 Å². The number of benzene rings is 1. The molecule has 0 amide bonds. The van der Waals surface area contributed by atoms with Crippen LogP contribution >= 0.6 is 0 Å². The topological polar surface area (TPSA) is 94.1 Å². The summed E-state index contributed by atoms with van der Waals surface area (Å²) in [5.41, 5.74) is 5.76. The number of nitrogens with one attached hydrogen (secondary N) is 1. The molecule has 0 radical (unpaired) electrons. The van der Waals surface area contributed by atoms with Crippen LogP contribution in [0.3, 0.4) is 0 Å². The zero-order valence-electron chi connectivity index (χ0n) is 9.13. The summed E-state index contributed by atoms with van der Waals surface area (Å²) in [6.45, 7) is 0. The molecule has 0 saturated heterocycles. The van der Waals surface area contributed by atoms with Crippen LogP contribution < -0.4 is 11.1 Å². The summed E-state index contributed by atoms with van der Waals surface area (Å²) in [6, 6.07) is 7.97. The Hall–Kier alpha value is -2.70. The van der Waals surface area contributed by atoms with Crippen LogP contribution in [0.2, 0.25) is 0 Å². The minimum atomic E-state index is -0.571. The van der Waals surface area contributed by atoms with E-state index >= 15 is 0 Å². The summed E-state index contributed by atoms with van der Waals surface area (Å²) in [6.07, 6.45) is 0. The molecule has 6 nitrogen and oxygen atoms in total. The maximum absolute atomic E-state index is 12.7. The monoisotopic (exact) mass is 248 g/mol. The third-order valence-corrected chi connectivity index (χ3v) is 2.20. The van der Waals surface area contributed by atoms with E-state index in [-0.39, 0.29) is 17.3 Å². The van der Waals surface area contributed by atoms with Crippen LogP contribution in [0.4, 0.5) is 27.4 Å². The van der Waals surface area contributed by atoms with E-state index in [1.54, 1.807) is 0 Å². The molecule has 0 unspecified atom stereocenters. The second-order valence-corrected chi connectivity index (χ2v) is 3.49. The van der Waals surface area contributed by atoms with Crippen LogP contribution in [0.15, 0.2) is 36.4 Å². The average molecular weight is 248 g/mol. The van der Waals surface area contributed by atoms with Crippen LogP contribution in [0, 0.1) is 15.9 Å². The number of nitrogen functional groups attached to an aromatic ring is 1. The summed E-state index contributed by atoms with van der Waals surface area (Å²) < 4.78 is 12.7. The molecular formula is C11H9FN4O2. The lowest BCUT2D eigenvalue weighted by molar-refractivity contribution is -0.384. The number of hydrogen-bond donors (Lipinski definition) is 2. The zero-order valence-corrected chi connectivity index (χ0v) is 9.13. The van der Waals surface area contributed by atoms with Gasteiger partial charge in [0.05, 0.1) is 4.92 Å². The molecule has 2 aromatic rings. The fourth-order valence-electron chi connectivity index (χ4n) is 1.38. The van der Waals surface area contributed by atoms with Crippen molar-refractivity contribution in [1.82, 2.24) is 4.98 Å². The van der Waals surface area contributed by atoms with E-state index in [1.165, 1.54) is 36.4 Å². The second kappa shape index (κ2) is 4.66. The number of nitro groups is 1. The first-order chi connectivity index (χ1) is 8.56. The third-order valence-electron chi connectivity index (χ3n) is 2.20. The molecule has 0 atom stereocenters. The maximum atomic E-state index is 12.7. The molecule has 0 aliphatic rings. The molecule has 7 heteroatoms. The van der Waals surface area contributed by atoms with E-state index in [4.69, 9.17) is 5.73 Å². The summed E-state index contributed by atoms with van der Waals surface area (Å²) in [7, 11) is 0. The van der Waals surface area contributed by atoms with Crippen molar-refractivity contribution in [3.63, 3.8) is 0 Å². The molecule has 3 N–H and O–H groups in total. The minimum absolute atomic E-state index is 0.0200. The van der Waals surface area contributed by atoms with E-state index in [9.17, 15) is 14.5 Å². The van der Waals surface area contributed by atoms with Gasteiger partial charge in [0.15, 0.2) is 0 Å². The standard InChI is InChI=1S/C11H9FN4O2/c12-7-1-3-8(4-2-7)14-11-9(16(17)18)5-6-10(13)15-11/h1-6H,(H3,13,14,15). The first-order valence-electron chi connectivity index (χ1n) is 5.00. The SMILES string of the molecule is Nc1ccc([N+](=O)[O-])c(Nc2ccc(F)cc2)n1. The Morgan fingerprint density at radius 1 is 1.22 bits per heavy atom. The minimum Gasteiger partial charge on any atom is -0.384 e. The highest BCUT2D eigenvalue weighted by Gasteiger charge is 2.15. The highest BCUT2D eigenvalue weighted by atomic mass is 19.1. The van der Waals surface area contributed by atoms with Crippen molar-refractivity contribution in [2.75, 3.05) is 11.1 Å². The van der Waals surface area contributed by atoms with E-state index in [0.29, 0.717) is 5.69 Å². The van der Waals surface area contributed by atoms with Gasteiger partial charge >= 0.3 is 5.69 Å². The largest absolute Gasteiger partial charge is 0.384 e. The number of anilines is 3. The first kappa shape index (κ1) is 11.8. The lowest BCUT2D eigenvalue weighted by Gasteiger charge is -2.06. The number of halogens is 1. The van der Waals surface area contributed by atoms with Crippen molar-refractivity contribution in [1.29, 1.82) is 0 Å². The number of hydrogen-bond acceptors (Lipinski definition) is 5. The van der Waals surface area contributed by atoms with Gasteiger partial charge in [-0.3, -0.25) is 10.1 Å². The van der Waals surface area contributed by atoms with Crippen molar-refractivity contribution in [2.24, 2.45) is 0 Å². The van der Waals surface area contributed by atoms with Gasteiger partial charge in [0.25, 0.3) is 0 Å². The summed E-state index contributed by atoms with van der Waals surface area (Å²) in [5, 5.41) is 13.5. The summed E-state index contributed by atoms with van der Waals surface area (Å²) in [4.78, 5) is 14.1. The van der Waals surface area contributed by atoms with Gasteiger partial charge in [-0.15, -0.1) is 0 Å². The summed E-state index contributed by atoms with van der Waals surface area (Å²) >= 11 is 0. The molecule has 0 spiro atoms. The molecule has 92 valence electrons. The normalized spacial score (nSPS) is 10.1. The average Bonchev–Trinajstić information content (AvgIpc) is 2.32. The fraction of sp³-hybridized carbons (Fsp3) is 0. The predicted molar refractivity (Wildman–Crippen MR) is 65.0 cm³/mol. The Balaban J connectivity index is 2.35. The molecule has 18 heavy (non-hydrogen) atoms. The molecular weight excluding hydrogens is 239 g/mol. The fourth-order valence-corrected chi connectivity index (χ4v) is 1.38. The second-order valence-electron chi connectivity index (χ2n) is 3.49. The maximum Gasteiger partial charge on any atom is 0.311 e. The molecule has 0 saturated carbocycles. The van der Waals surface area contributed by atoms with Crippen molar-refractivity contribution in [3.8, 4) is 0 Å². The quantitative estimate of drug-likeness (QED) is 0.642. The smallest absolute Gasteiger partial charge is 0.311 e. The van der Waals surface area contributed by atoms with Crippen molar-refractivity contribution in [3.05, 3.63) is 52.3 Å². The molecule has 0 bridgehead atoms. The number of aromatic nitrogens is 1. The predicted octanol–water partition coefficient (Wildman–Crippen LogP) is 2.45. The van der Waals surface area contributed by atoms with Crippen LogP contribution in [0.5, 0.6) is 0 Å². The van der Waals surface area contributed by atoms with Gasteiger partial charge in [-0.05, 0) is 30.3 Å². The van der Waals surface area contributed by atoms with E-state index in [2.05, 4.69) is 10.3 Å². The van der Waals surface area contributed by atoms with Gasteiger partial charge in [0.2, 0.25) is 5.82 Å². The number of nitrogens with zero attached hydrogens (tertiary/aromatic N) is 2. The van der Waals surface area contributed by atoms with Gasteiger partial charge < -0.3 is 11.1 Å². The summed E-state index contributed by atoms with van der Waals surface area (Å²) in [5.74, 6) is -0.215. The molecule has 1 aromatic carbocycles. The van der Waals surface area contributed by atoms with Crippen molar-refractivity contribution in [2.45, 2.75) is 0 Å². The van der Waals surface area contributed by atoms with Crippen LogP contribution in [0.25, 0.3) is 0 Å². The number of pyridine rings is 1. The number of nitrogens with two attached hydrogens (primary N) is 1. The molecule has 1 heterocycles. The molecule has 1 aromatic heterocycles. The third kappa shape index (κ3) is 2.51. The Morgan fingerprint density at radius 3 is 2.50 bits per heavy atom. The zero-order chi connectivity index (χ0) is 13.1. The van der Waals surface area contributed by atoms with Gasteiger partial charge in [0.1, 0.15) is 11.6 Å². The molecule has 0 aliphatic heterocycles.